The van der Waals surface area contributed by atoms with Crippen molar-refractivity contribution in [2.24, 2.45) is 5.73 Å². The largest absolute Gasteiger partial charge is 0.351 e. The topological polar surface area (TPSA) is 98.7 Å². The summed E-state index contributed by atoms with van der Waals surface area (Å²) in [6.07, 6.45) is 2.79. The van der Waals surface area contributed by atoms with Crippen molar-refractivity contribution in [3.05, 3.63) is 41.2 Å². The van der Waals surface area contributed by atoms with Gasteiger partial charge in [-0.3, -0.25) is 4.79 Å². The van der Waals surface area contributed by atoms with Crippen LogP contribution in [0, 0.1) is 0 Å². The van der Waals surface area contributed by atoms with Crippen molar-refractivity contribution >= 4 is 5.91 Å². The number of nitrogens with zero attached hydrogens (tertiary/aromatic N) is 4. The van der Waals surface area contributed by atoms with Crippen molar-refractivity contribution in [1.29, 1.82) is 0 Å². The average molecular weight is 300 g/mol. The molecular formula is C15H20N6O. The number of aryl methyl sites for hydroxylation is 1. The number of carbonyl (C=O) groups is 1. The molecule has 2 heterocycles. The minimum Gasteiger partial charge on any atom is -0.351 e. The molecule has 0 saturated heterocycles. The van der Waals surface area contributed by atoms with E-state index in [4.69, 9.17) is 5.73 Å². The first-order valence-electron chi connectivity index (χ1n) is 7.59. The molecule has 22 heavy (non-hydrogen) atoms. The Morgan fingerprint density at radius 2 is 2.05 bits per heavy atom. The number of amides is 1. The molecule has 0 radical (unpaired) electrons. The summed E-state index contributed by atoms with van der Waals surface area (Å²) in [6.45, 7) is 1.81. The molecule has 1 amide bonds. The first kappa shape index (κ1) is 14.6. The number of hydrogen-bond donors (Lipinski definition) is 2. The molecule has 116 valence electrons. The van der Waals surface area contributed by atoms with Crippen LogP contribution < -0.4 is 11.1 Å². The Morgan fingerprint density at radius 1 is 1.27 bits per heavy atom. The lowest BCUT2D eigenvalue weighted by atomic mass is 10.0. The summed E-state index contributed by atoms with van der Waals surface area (Å²) in [5.74, 6) is 0.398. The Labute approximate surface area is 128 Å². The molecular weight excluding hydrogens is 280 g/mol. The van der Waals surface area contributed by atoms with Crippen molar-refractivity contribution < 1.29 is 4.79 Å². The van der Waals surface area contributed by atoms with Crippen molar-refractivity contribution in [2.45, 2.75) is 44.8 Å². The van der Waals surface area contributed by atoms with E-state index in [-0.39, 0.29) is 11.8 Å². The third-order valence-corrected chi connectivity index (χ3v) is 4.03. The Morgan fingerprint density at radius 3 is 2.82 bits per heavy atom. The predicted molar refractivity (Wildman–Crippen MR) is 80.6 cm³/mol. The molecule has 0 unspecified atom stereocenters. The fraction of sp³-hybridized carbons (Fsp3) is 0.467. The summed E-state index contributed by atoms with van der Waals surface area (Å²) in [6, 6.07) is 7.93. The van der Waals surface area contributed by atoms with Crippen molar-refractivity contribution in [1.82, 2.24) is 25.5 Å². The van der Waals surface area contributed by atoms with Crippen LogP contribution in [-0.4, -0.2) is 26.1 Å². The minimum absolute atomic E-state index is 0.0131. The number of benzene rings is 1. The van der Waals surface area contributed by atoms with Gasteiger partial charge in [0, 0.05) is 19.6 Å². The van der Waals surface area contributed by atoms with Gasteiger partial charge in [0.25, 0.3) is 0 Å². The van der Waals surface area contributed by atoms with E-state index in [1.165, 1.54) is 0 Å². The van der Waals surface area contributed by atoms with Crippen molar-refractivity contribution in [3.63, 3.8) is 0 Å². The van der Waals surface area contributed by atoms with Crippen LogP contribution in [0.4, 0.5) is 0 Å². The van der Waals surface area contributed by atoms with E-state index in [2.05, 4.69) is 20.8 Å². The Hall–Kier alpha value is -2.28. The summed E-state index contributed by atoms with van der Waals surface area (Å²) in [5.41, 5.74) is 7.71. The molecule has 0 aliphatic carbocycles. The molecule has 1 aromatic carbocycles. The van der Waals surface area contributed by atoms with Crippen LogP contribution in [0.3, 0.4) is 0 Å². The first-order valence-corrected chi connectivity index (χ1v) is 7.59. The van der Waals surface area contributed by atoms with Crippen molar-refractivity contribution in [3.8, 4) is 0 Å². The van der Waals surface area contributed by atoms with Crippen LogP contribution in [0.25, 0.3) is 0 Å². The monoisotopic (exact) mass is 300 g/mol. The lowest BCUT2D eigenvalue weighted by Crippen LogP contribution is -2.30. The number of fused-ring (bicyclic) bond motifs is 1. The number of aromatic nitrogens is 4. The molecule has 0 fully saturated rings. The van der Waals surface area contributed by atoms with Crippen LogP contribution in [0.2, 0.25) is 0 Å². The molecule has 7 heteroatoms. The van der Waals surface area contributed by atoms with Gasteiger partial charge in [-0.2, -0.15) is 0 Å². The Bertz CT molecular complexity index is 636. The van der Waals surface area contributed by atoms with E-state index in [0.29, 0.717) is 18.9 Å². The third-order valence-electron chi connectivity index (χ3n) is 4.03. The quantitative estimate of drug-likeness (QED) is 0.866. The number of tetrazole rings is 1. The van der Waals surface area contributed by atoms with Crippen LogP contribution in [0.5, 0.6) is 0 Å². The Kier molecular flexibility index (Phi) is 4.43. The van der Waals surface area contributed by atoms with Gasteiger partial charge in [0.05, 0.1) is 5.92 Å². The predicted octanol–water partition coefficient (Wildman–Crippen LogP) is 0.716. The van der Waals surface area contributed by atoms with Gasteiger partial charge >= 0.3 is 0 Å². The van der Waals surface area contributed by atoms with Gasteiger partial charge in [-0.1, -0.05) is 30.7 Å². The van der Waals surface area contributed by atoms with E-state index in [0.717, 1.165) is 36.9 Å². The van der Waals surface area contributed by atoms with Crippen molar-refractivity contribution in [2.75, 3.05) is 0 Å². The molecule has 1 aliphatic rings. The summed E-state index contributed by atoms with van der Waals surface area (Å²) in [5, 5.41) is 14.6. The number of hydrogen-bond acceptors (Lipinski definition) is 5. The van der Waals surface area contributed by atoms with Crippen LogP contribution in [0.15, 0.2) is 24.3 Å². The summed E-state index contributed by atoms with van der Waals surface area (Å²) in [7, 11) is 0. The average Bonchev–Trinajstić information content (AvgIpc) is 2.92. The molecule has 1 aliphatic heterocycles. The molecule has 7 nitrogen and oxygen atoms in total. The van der Waals surface area contributed by atoms with E-state index in [1.54, 1.807) is 4.68 Å². The van der Waals surface area contributed by atoms with Gasteiger partial charge in [-0.25, -0.2) is 4.68 Å². The van der Waals surface area contributed by atoms with E-state index in [9.17, 15) is 4.79 Å². The second kappa shape index (κ2) is 6.65. The number of carbonyl (C=O) groups excluding carboxylic acids is 1. The molecule has 2 aromatic rings. The second-order valence-corrected chi connectivity index (χ2v) is 5.55. The highest BCUT2D eigenvalue weighted by Gasteiger charge is 2.28. The standard InChI is InChI=1S/C15H20N6O/c16-9-11-4-6-12(7-5-11)10-17-15(22)13-3-1-2-8-21-14(13)18-19-20-21/h4-7,13H,1-3,8-10,16H2,(H,17,22)/t13-/m1/s1. The van der Waals surface area contributed by atoms with Gasteiger partial charge < -0.3 is 11.1 Å². The van der Waals surface area contributed by atoms with E-state index < -0.39 is 0 Å². The Balaban J connectivity index is 1.64. The zero-order valence-corrected chi connectivity index (χ0v) is 12.4. The highest BCUT2D eigenvalue weighted by atomic mass is 16.1. The summed E-state index contributed by atoms with van der Waals surface area (Å²) >= 11 is 0. The third kappa shape index (κ3) is 3.14. The summed E-state index contributed by atoms with van der Waals surface area (Å²) in [4.78, 5) is 12.5. The van der Waals surface area contributed by atoms with Crippen LogP contribution in [0.1, 0.15) is 42.1 Å². The smallest absolute Gasteiger partial charge is 0.231 e. The molecule has 0 bridgehead atoms. The minimum atomic E-state index is -0.263. The van der Waals surface area contributed by atoms with Crippen LogP contribution >= 0.6 is 0 Å². The van der Waals surface area contributed by atoms with E-state index in [1.807, 2.05) is 24.3 Å². The molecule has 3 N–H and O–H groups in total. The number of nitrogens with one attached hydrogen (secondary N) is 1. The van der Waals surface area contributed by atoms with Gasteiger partial charge in [0.15, 0.2) is 5.82 Å². The molecule has 1 aromatic heterocycles. The number of rotatable bonds is 4. The molecule has 0 saturated carbocycles. The van der Waals surface area contributed by atoms with Gasteiger partial charge in [-0.15, -0.1) is 5.10 Å². The maximum Gasteiger partial charge on any atom is 0.231 e. The zero-order chi connectivity index (χ0) is 15.4. The first-order chi connectivity index (χ1) is 10.8. The fourth-order valence-corrected chi connectivity index (χ4v) is 2.71. The fourth-order valence-electron chi connectivity index (χ4n) is 2.71. The lowest BCUT2D eigenvalue weighted by molar-refractivity contribution is -0.123. The van der Waals surface area contributed by atoms with Gasteiger partial charge in [0.1, 0.15) is 0 Å². The zero-order valence-electron chi connectivity index (χ0n) is 12.4. The normalized spacial score (nSPS) is 17.6. The summed E-state index contributed by atoms with van der Waals surface area (Å²) < 4.78 is 1.74. The highest BCUT2D eigenvalue weighted by molar-refractivity contribution is 5.82. The lowest BCUT2D eigenvalue weighted by Gasteiger charge is -2.13. The molecule has 1 atom stereocenters. The van der Waals surface area contributed by atoms with Gasteiger partial charge in [-0.05, 0) is 34.4 Å². The van der Waals surface area contributed by atoms with E-state index >= 15 is 0 Å². The molecule has 0 spiro atoms. The number of nitrogens with two attached hydrogens (primary N) is 1. The van der Waals surface area contributed by atoms with Gasteiger partial charge in [0.2, 0.25) is 5.91 Å². The SMILES string of the molecule is NCc1ccc(CNC(=O)[C@@H]2CCCCn3nnnc32)cc1. The van der Waals surface area contributed by atoms with Crippen LogP contribution in [-0.2, 0) is 24.4 Å². The molecule has 3 rings (SSSR count). The maximum absolute atomic E-state index is 12.5. The second-order valence-electron chi connectivity index (χ2n) is 5.55. The highest BCUT2D eigenvalue weighted by Crippen LogP contribution is 2.24. The maximum atomic E-state index is 12.5.